The number of ether oxygens (including phenoxy) is 1. The predicted molar refractivity (Wildman–Crippen MR) is 94.9 cm³/mol. The number of imide groups is 1. The van der Waals surface area contributed by atoms with Gasteiger partial charge in [0.25, 0.3) is 5.91 Å². The van der Waals surface area contributed by atoms with Crippen LogP contribution in [0.25, 0.3) is 0 Å². The van der Waals surface area contributed by atoms with E-state index < -0.39 is 24.5 Å². The Bertz CT molecular complexity index is 719. The molecule has 0 aliphatic rings. The molecular weight excluding hydrogens is 412 g/mol. The number of hydrogen-bond acceptors (Lipinski definition) is 6. The van der Waals surface area contributed by atoms with Gasteiger partial charge in [0.15, 0.2) is 6.61 Å². The number of carbonyl (C=O) groups is 3. The normalized spacial score (nSPS) is 10.1. The lowest BCUT2D eigenvalue weighted by Gasteiger charge is -2.07. The molecule has 2 rings (SSSR count). The van der Waals surface area contributed by atoms with E-state index in [2.05, 4.69) is 26.6 Å². The molecule has 0 saturated heterocycles. The summed E-state index contributed by atoms with van der Waals surface area (Å²) in [5.41, 5.74) is 0. The molecule has 2 N–H and O–H groups in total. The van der Waals surface area contributed by atoms with Crippen molar-refractivity contribution >= 4 is 45.6 Å². The third-order valence-electron chi connectivity index (χ3n) is 2.79. The van der Waals surface area contributed by atoms with Gasteiger partial charge in [-0.1, -0.05) is 15.9 Å². The number of carbonyl (C=O) groups excluding carboxylic acids is 3. The molecule has 0 unspecified atom stereocenters. The Morgan fingerprint density at radius 1 is 1.16 bits per heavy atom. The third-order valence-corrected chi connectivity index (χ3v) is 4.31. The van der Waals surface area contributed by atoms with Crippen LogP contribution in [0.5, 0.6) is 0 Å². The number of amides is 3. The van der Waals surface area contributed by atoms with Crippen LogP contribution in [0, 0.1) is 0 Å². The van der Waals surface area contributed by atoms with Gasteiger partial charge < -0.3 is 14.5 Å². The quantitative estimate of drug-likeness (QED) is 0.521. The SMILES string of the molecule is O=C(COC(=O)CSc1ccc(Br)cc1)NC(=O)NCc1ccco1. The van der Waals surface area contributed by atoms with E-state index in [4.69, 9.17) is 9.15 Å². The second kappa shape index (κ2) is 9.90. The number of nitrogens with one attached hydrogen (secondary N) is 2. The lowest BCUT2D eigenvalue weighted by atomic mass is 10.4. The van der Waals surface area contributed by atoms with E-state index in [1.165, 1.54) is 18.0 Å². The van der Waals surface area contributed by atoms with Crippen LogP contribution in [-0.4, -0.2) is 30.3 Å². The molecular formula is C16H15BrN2O5S. The third kappa shape index (κ3) is 7.44. The first-order chi connectivity index (χ1) is 12.0. The first-order valence-electron chi connectivity index (χ1n) is 7.17. The second-order valence-electron chi connectivity index (χ2n) is 4.71. The molecule has 3 amide bonds. The van der Waals surface area contributed by atoms with Crippen LogP contribution in [-0.2, 0) is 20.9 Å². The minimum Gasteiger partial charge on any atom is -0.467 e. The molecule has 2 aromatic rings. The molecule has 0 radical (unpaired) electrons. The second-order valence-corrected chi connectivity index (χ2v) is 6.68. The van der Waals surface area contributed by atoms with E-state index in [1.54, 1.807) is 12.1 Å². The predicted octanol–water partition coefficient (Wildman–Crippen LogP) is 2.70. The maximum absolute atomic E-state index is 11.6. The highest BCUT2D eigenvalue weighted by Gasteiger charge is 2.11. The number of rotatable bonds is 7. The van der Waals surface area contributed by atoms with Gasteiger partial charge in [0, 0.05) is 9.37 Å². The summed E-state index contributed by atoms with van der Waals surface area (Å²) in [6.45, 7) is -0.371. The summed E-state index contributed by atoms with van der Waals surface area (Å²) in [7, 11) is 0. The highest BCUT2D eigenvalue weighted by atomic mass is 79.9. The maximum atomic E-state index is 11.6. The molecule has 0 saturated carbocycles. The summed E-state index contributed by atoms with van der Waals surface area (Å²) < 4.78 is 10.8. The molecule has 0 atom stereocenters. The molecule has 9 heteroatoms. The fourth-order valence-electron chi connectivity index (χ4n) is 1.65. The number of hydrogen-bond donors (Lipinski definition) is 2. The Hall–Kier alpha value is -2.26. The molecule has 0 fully saturated rings. The van der Waals surface area contributed by atoms with Crippen LogP contribution in [0.2, 0.25) is 0 Å². The van der Waals surface area contributed by atoms with Crippen molar-refractivity contribution in [2.45, 2.75) is 11.4 Å². The molecule has 25 heavy (non-hydrogen) atoms. The Morgan fingerprint density at radius 2 is 1.92 bits per heavy atom. The zero-order chi connectivity index (χ0) is 18.1. The van der Waals surface area contributed by atoms with Crippen LogP contribution < -0.4 is 10.6 Å². The van der Waals surface area contributed by atoms with Crippen molar-refractivity contribution in [3.05, 3.63) is 52.9 Å². The average Bonchev–Trinajstić information content (AvgIpc) is 3.11. The van der Waals surface area contributed by atoms with E-state index >= 15 is 0 Å². The van der Waals surface area contributed by atoms with Crippen LogP contribution in [0.15, 0.2) is 56.4 Å². The van der Waals surface area contributed by atoms with Gasteiger partial charge in [-0.15, -0.1) is 11.8 Å². The van der Waals surface area contributed by atoms with Crippen molar-refractivity contribution in [2.24, 2.45) is 0 Å². The summed E-state index contributed by atoms with van der Waals surface area (Å²) >= 11 is 4.62. The average molecular weight is 427 g/mol. The van der Waals surface area contributed by atoms with Crippen molar-refractivity contribution in [1.82, 2.24) is 10.6 Å². The summed E-state index contributed by atoms with van der Waals surface area (Å²) in [6, 6.07) is 10.1. The van der Waals surface area contributed by atoms with Gasteiger partial charge in [0.2, 0.25) is 0 Å². The topological polar surface area (TPSA) is 97.6 Å². The smallest absolute Gasteiger partial charge is 0.321 e. The molecule has 0 aliphatic heterocycles. The van der Waals surface area contributed by atoms with Gasteiger partial charge in [0.1, 0.15) is 5.76 Å². The fraction of sp³-hybridized carbons (Fsp3) is 0.188. The molecule has 7 nitrogen and oxygen atoms in total. The van der Waals surface area contributed by atoms with Crippen molar-refractivity contribution in [2.75, 3.05) is 12.4 Å². The van der Waals surface area contributed by atoms with Gasteiger partial charge in [-0.05, 0) is 36.4 Å². The fourth-order valence-corrected chi connectivity index (χ4v) is 2.61. The van der Waals surface area contributed by atoms with Crippen molar-refractivity contribution in [1.29, 1.82) is 0 Å². The van der Waals surface area contributed by atoms with Gasteiger partial charge >= 0.3 is 12.0 Å². The minimum absolute atomic E-state index is 0.0690. The maximum Gasteiger partial charge on any atom is 0.321 e. The lowest BCUT2D eigenvalue weighted by Crippen LogP contribution is -2.41. The first kappa shape index (κ1) is 19.1. The zero-order valence-electron chi connectivity index (χ0n) is 13.0. The van der Waals surface area contributed by atoms with E-state index in [0.717, 1.165) is 9.37 Å². The number of benzene rings is 1. The monoisotopic (exact) mass is 426 g/mol. The Labute approximate surface area is 156 Å². The molecule has 0 aliphatic carbocycles. The van der Waals surface area contributed by atoms with E-state index in [1.807, 2.05) is 24.3 Å². The van der Waals surface area contributed by atoms with Gasteiger partial charge in [-0.2, -0.15) is 0 Å². The number of furan rings is 1. The number of esters is 1. The Kier molecular flexibility index (Phi) is 7.55. The molecule has 132 valence electrons. The highest BCUT2D eigenvalue weighted by molar-refractivity contribution is 9.10. The molecule has 0 bridgehead atoms. The van der Waals surface area contributed by atoms with Crippen LogP contribution in [0.3, 0.4) is 0 Å². The molecule has 1 heterocycles. The van der Waals surface area contributed by atoms with Crippen LogP contribution in [0.4, 0.5) is 4.79 Å². The molecule has 0 spiro atoms. The van der Waals surface area contributed by atoms with Crippen molar-refractivity contribution in [3.8, 4) is 0 Å². The van der Waals surface area contributed by atoms with E-state index in [9.17, 15) is 14.4 Å². The van der Waals surface area contributed by atoms with Gasteiger partial charge in [-0.25, -0.2) is 4.79 Å². The van der Waals surface area contributed by atoms with Crippen molar-refractivity contribution < 1.29 is 23.5 Å². The van der Waals surface area contributed by atoms with E-state index in [0.29, 0.717) is 5.76 Å². The van der Waals surface area contributed by atoms with Gasteiger partial charge in [-0.3, -0.25) is 14.9 Å². The first-order valence-corrected chi connectivity index (χ1v) is 8.95. The number of urea groups is 1. The molecule has 1 aromatic carbocycles. The summed E-state index contributed by atoms with van der Waals surface area (Å²) in [5.74, 6) is -0.628. The lowest BCUT2D eigenvalue weighted by molar-refractivity contribution is -0.145. The Balaban J connectivity index is 1.60. The molecule has 1 aromatic heterocycles. The zero-order valence-corrected chi connectivity index (χ0v) is 15.4. The summed E-state index contributed by atoms with van der Waals surface area (Å²) in [5, 5.41) is 4.50. The minimum atomic E-state index is -0.709. The van der Waals surface area contributed by atoms with Gasteiger partial charge in [0.05, 0.1) is 18.6 Å². The Morgan fingerprint density at radius 3 is 2.60 bits per heavy atom. The summed E-state index contributed by atoms with van der Waals surface area (Å²) in [4.78, 5) is 35.6. The van der Waals surface area contributed by atoms with Crippen LogP contribution in [0.1, 0.15) is 5.76 Å². The van der Waals surface area contributed by atoms with Crippen molar-refractivity contribution in [3.63, 3.8) is 0 Å². The highest BCUT2D eigenvalue weighted by Crippen LogP contribution is 2.20. The summed E-state index contributed by atoms with van der Waals surface area (Å²) in [6.07, 6.45) is 1.48. The largest absolute Gasteiger partial charge is 0.467 e. The van der Waals surface area contributed by atoms with E-state index in [-0.39, 0.29) is 12.3 Å². The van der Waals surface area contributed by atoms with Crippen LogP contribution >= 0.6 is 27.7 Å². The number of thioether (sulfide) groups is 1. The number of halogens is 1. The standard InChI is InChI=1S/C16H15BrN2O5S/c17-11-3-5-13(6-4-11)25-10-15(21)24-9-14(20)19-16(22)18-8-12-2-1-7-23-12/h1-7H,8-10H2,(H2,18,19,20,22).